The Kier molecular flexibility index (Phi) is 19.2. The third-order valence-corrected chi connectivity index (χ3v) is 14.8. The molecule has 0 amide bonds. The second kappa shape index (κ2) is 25.7. The number of rotatable bonds is 12. The summed E-state index contributed by atoms with van der Waals surface area (Å²) in [5.41, 5.74) is 11.6. The van der Waals surface area contributed by atoms with Crippen LogP contribution in [0.15, 0.2) is 65.7 Å². The molecule has 3 aliphatic heterocycles. The van der Waals surface area contributed by atoms with E-state index in [2.05, 4.69) is 0 Å². The summed E-state index contributed by atoms with van der Waals surface area (Å²) in [4.78, 5) is 102. The molecule has 7 rings (SSSR count). The number of carbonyl (C=O) groups is 6. The molecule has 12 bridgehead atoms. The first kappa shape index (κ1) is 58.2. The number of benzene rings is 2. The van der Waals surface area contributed by atoms with E-state index in [-0.39, 0.29) is 72.0 Å². The number of aromatic nitrogens is 2. The fourth-order valence-electron chi connectivity index (χ4n) is 11.2. The van der Waals surface area contributed by atoms with Gasteiger partial charge in [0.05, 0.1) is 67.8 Å². The van der Waals surface area contributed by atoms with Crippen LogP contribution in [-0.4, -0.2) is 164 Å². The van der Waals surface area contributed by atoms with E-state index in [9.17, 15) is 59.4 Å². The van der Waals surface area contributed by atoms with Gasteiger partial charge in [0.25, 0.3) is 0 Å². The van der Waals surface area contributed by atoms with Gasteiger partial charge in [0.15, 0.2) is 0 Å². The van der Waals surface area contributed by atoms with Crippen LogP contribution in [-0.2, 0) is 94.2 Å². The number of carboxylic acids is 6. The Bertz CT molecular complexity index is 2930. The molecule has 5 heterocycles. The minimum atomic E-state index is -1.13. The fraction of sp³-hybridized carbons (Fsp3) is 0.421. The van der Waals surface area contributed by atoms with E-state index in [0.29, 0.717) is 28.5 Å². The molecule has 414 valence electrons. The molecule has 0 spiro atoms. The molecule has 0 fully saturated rings. The maximum absolute atomic E-state index is 12.9. The Morgan fingerprint density at radius 3 is 0.974 bits per heavy atom. The van der Waals surface area contributed by atoms with E-state index >= 15 is 0 Å². The lowest BCUT2D eigenvalue weighted by molar-refractivity contribution is -0.139. The highest BCUT2D eigenvalue weighted by Gasteiger charge is 2.30. The van der Waals surface area contributed by atoms with Gasteiger partial charge in [0.1, 0.15) is 6.17 Å². The first-order valence-corrected chi connectivity index (χ1v) is 25.7. The maximum Gasteiger partial charge on any atom is 0.317 e. The topological polar surface area (TPSA) is 281 Å². The molecule has 78 heavy (non-hydrogen) atoms. The highest BCUT2D eigenvalue weighted by atomic mass is 16.4. The zero-order valence-corrected chi connectivity index (χ0v) is 45.0. The van der Waals surface area contributed by atoms with Crippen molar-refractivity contribution < 1.29 is 59.4 Å². The third kappa shape index (κ3) is 15.1. The van der Waals surface area contributed by atoms with Gasteiger partial charge in [0, 0.05) is 72.0 Å². The maximum atomic E-state index is 12.9. The Morgan fingerprint density at radius 1 is 0.397 bits per heavy atom. The Morgan fingerprint density at radius 2 is 0.679 bits per heavy atom. The molecule has 0 radical (unpaired) electrons. The Labute approximate surface area is 453 Å². The number of pyridine rings is 2. The van der Waals surface area contributed by atoms with Crippen LogP contribution >= 0.6 is 0 Å². The van der Waals surface area contributed by atoms with Crippen LogP contribution in [0.4, 0.5) is 0 Å². The number of carboxylic acid groups (broad SMARTS) is 6. The largest absolute Gasteiger partial charge is 0.480 e. The average molecular weight is 1070 g/mol. The SMILES string of the molecule is Cc1c2c(C)c3c(C)c1CN(CC(=O)O)Cc1cccc(n1)CN(CC(=O)O)Cc1c(C)c(c(C)c(c1C)CN(CC(=O)O)C1C=CC=CC(=N1)CN(CC(=O)O)C2)CN(CC(=O)O)Cc1cccc(n1)CN(CC(=O)O)C3. The number of nitrogens with zero attached hydrogens (tertiary/aromatic N) is 9. The first-order chi connectivity index (χ1) is 37.0. The summed E-state index contributed by atoms with van der Waals surface area (Å²) in [5.74, 6) is -6.63. The van der Waals surface area contributed by atoms with E-state index in [1.807, 2.05) is 41.5 Å². The van der Waals surface area contributed by atoms with Gasteiger partial charge < -0.3 is 30.6 Å². The fourth-order valence-corrected chi connectivity index (χ4v) is 11.2. The van der Waals surface area contributed by atoms with E-state index in [1.54, 1.807) is 90.1 Å². The molecule has 3 aliphatic rings. The summed E-state index contributed by atoms with van der Waals surface area (Å²) < 4.78 is 0. The smallest absolute Gasteiger partial charge is 0.317 e. The van der Waals surface area contributed by atoms with Crippen LogP contribution in [0.25, 0.3) is 0 Å². The number of hydrogen-bond acceptors (Lipinski definition) is 15. The standard InChI is InChI=1S/C57H69N9O12/c1-34-45-22-61(28-52(67)68)17-40-12-9-14-42(58-40)19-63(30-54(71)72)25-48-37(4)49-26-64(31-55(73)74)20-43-15-10-13-41(59-43)18-62(29-53(69)70)23-46(34)36(3)47(35(45)2)24-65(32-56(75)76)21-44-11-7-8-16-51(60-44)66(33-57(77)78)27-50(38(48)5)39(49)6/h7-16,51H,17-33H2,1-6H3,(H,67,68)(H,69,70)(H,71,72)(H,73,74)(H,75,76)(H,77,78). The van der Waals surface area contributed by atoms with Crippen molar-refractivity contribution in [2.75, 3.05) is 45.8 Å². The number of allylic oxidation sites excluding steroid dienone is 2. The number of aliphatic imine (C=N–C) groups is 1. The first-order valence-electron chi connectivity index (χ1n) is 25.7. The predicted octanol–water partition coefficient (Wildman–Crippen LogP) is 4.67. The number of hydrogen-bond donors (Lipinski definition) is 6. The third-order valence-electron chi connectivity index (χ3n) is 14.8. The molecule has 21 heteroatoms. The van der Waals surface area contributed by atoms with Gasteiger partial charge in [-0.25, -0.2) is 0 Å². The van der Waals surface area contributed by atoms with Crippen LogP contribution in [0.5, 0.6) is 0 Å². The van der Waals surface area contributed by atoms with E-state index < -0.39 is 81.3 Å². The van der Waals surface area contributed by atoms with Gasteiger partial charge in [-0.05, 0) is 145 Å². The molecule has 1 unspecified atom stereocenters. The average Bonchev–Trinajstić information content (AvgIpc) is 3.58. The van der Waals surface area contributed by atoms with Crippen LogP contribution in [0.1, 0.15) is 89.5 Å². The van der Waals surface area contributed by atoms with Gasteiger partial charge in [0.2, 0.25) is 0 Å². The quantitative estimate of drug-likeness (QED) is 0.112. The highest BCUT2D eigenvalue weighted by Crippen LogP contribution is 2.34. The minimum absolute atomic E-state index is 0.00925. The van der Waals surface area contributed by atoms with Crippen molar-refractivity contribution in [3.63, 3.8) is 0 Å². The molecule has 21 nitrogen and oxygen atoms in total. The van der Waals surface area contributed by atoms with Crippen LogP contribution in [0, 0.1) is 41.5 Å². The normalized spacial score (nSPS) is 17.8. The van der Waals surface area contributed by atoms with E-state index in [1.165, 1.54) is 0 Å². The van der Waals surface area contributed by atoms with Crippen molar-refractivity contribution in [2.24, 2.45) is 4.99 Å². The lowest BCUT2D eigenvalue weighted by Gasteiger charge is -2.32. The molecule has 0 saturated heterocycles. The summed E-state index contributed by atoms with van der Waals surface area (Å²) in [6, 6.07) is 10.7. The van der Waals surface area contributed by atoms with E-state index in [0.717, 1.165) is 66.8 Å². The van der Waals surface area contributed by atoms with Crippen LogP contribution < -0.4 is 0 Å². The summed E-state index contributed by atoms with van der Waals surface area (Å²) in [6.07, 6.45) is 6.17. The highest BCUT2D eigenvalue weighted by molar-refractivity contribution is 5.97. The lowest BCUT2D eigenvalue weighted by Crippen LogP contribution is -2.39. The second-order valence-corrected chi connectivity index (χ2v) is 20.6. The zero-order valence-electron chi connectivity index (χ0n) is 45.0. The molecule has 1 atom stereocenters. The minimum Gasteiger partial charge on any atom is -0.480 e. The Hall–Kier alpha value is -7.53. The lowest BCUT2D eigenvalue weighted by atomic mass is 9.87. The zero-order chi connectivity index (χ0) is 56.5. The van der Waals surface area contributed by atoms with Gasteiger partial charge in [-0.2, -0.15) is 0 Å². The molecule has 0 aliphatic carbocycles. The summed E-state index contributed by atoms with van der Waals surface area (Å²) >= 11 is 0. The summed E-state index contributed by atoms with van der Waals surface area (Å²) in [7, 11) is 0. The Balaban J connectivity index is 1.58. The van der Waals surface area contributed by atoms with Gasteiger partial charge in [-0.15, -0.1) is 0 Å². The van der Waals surface area contributed by atoms with Crippen molar-refractivity contribution >= 4 is 41.5 Å². The van der Waals surface area contributed by atoms with Crippen LogP contribution in [0.3, 0.4) is 0 Å². The van der Waals surface area contributed by atoms with Crippen molar-refractivity contribution in [3.8, 4) is 0 Å². The number of aliphatic carboxylic acids is 6. The molecular weight excluding hydrogens is 1000 g/mol. The molecule has 4 aromatic rings. The van der Waals surface area contributed by atoms with E-state index in [4.69, 9.17) is 15.0 Å². The summed E-state index contributed by atoms with van der Waals surface area (Å²) in [5, 5.41) is 62.6. The molecular formula is C57H69N9O12. The van der Waals surface area contributed by atoms with Gasteiger partial charge in [-0.3, -0.25) is 73.1 Å². The second-order valence-electron chi connectivity index (χ2n) is 20.6. The molecule has 2 aromatic carbocycles. The van der Waals surface area contributed by atoms with Gasteiger partial charge in [-0.1, -0.05) is 24.3 Å². The molecule has 6 N–H and O–H groups in total. The predicted molar refractivity (Wildman–Crippen MR) is 287 cm³/mol. The molecule has 0 saturated carbocycles. The number of fused-ring (bicyclic) bond motifs is 11. The van der Waals surface area contributed by atoms with Crippen LogP contribution in [0.2, 0.25) is 0 Å². The summed E-state index contributed by atoms with van der Waals surface area (Å²) in [6.45, 7) is 9.71. The van der Waals surface area contributed by atoms with Crippen molar-refractivity contribution in [1.29, 1.82) is 0 Å². The van der Waals surface area contributed by atoms with Gasteiger partial charge >= 0.3 is 35.8 Å². The van der Waals surface area contributed by atoms with Crippen molar-refractivity contribution in [3.05, 3.63) is 150 Å². The van der Waals surface area contributed by atoms with Crippen molar-refractivity contribution in [1.82, 2.24) is 39.4 Å². The monoisotopic (exact) mass is 1070 g/mol. The van der Waals surface area contributed by atoms with Crippen molar-refractivity contribution in [2.45, 2.75) is 113 Å². The molecule has 2 aromatic heterocycles.